The molecule has 1 atom stereocenters. The van der Waals surface area contributed by atoms with Crippen LogP contribution in [0.4, 0.5) is 5.69 Å². The van der Waals surface area contributed by atoms with Crippen LogP contribution in [0.5, 0.6) is 5.75 Å². The number of ketones is 1. The fourth-order valence-corrected chi connectivity index (χ4v) is 6.29. The van der Waals surface area contributed by atoms with E-state index in [2.05, 4.69) is 32.0 Å². The highest BCUT2D eigenvalue weighted by Gasteiger charge is 2.45. The first-order chi connectivity index (χ1) is 19.4. The highest BCUT2D eigenvalue weighted by molar-refractivity contribution is 6.30. The van der Waals surface area contributed by atoms with Crippen molar-refractivity contribution in [1.29, 1.82) is 5.26 Å². The SMILES string of the molecule is Cc1ccc(OCc2cc(C)cc(C3C(C#N)=C(N)N(c4cc(Cl)ccc4C)C4=C3C(=O)CC(C)(C)C4)c2C)cc1. The quantitative estimate of drug-likeness (QED) is 0.338. The zero-order valence-electron chi connectivity index (χ0n) is 24.6. The van der Waals surface area contributed by atoms with Gasteiger partial charge in [-0.2, -0.15) is 5.26 Å². The maximum atomic E-state index is 14.0. The Bertz CT molecular complexity index is 1660. The maximum Gasteiger partial charge on any atom is 0.162 e. The predicted octanol–water partition coefficient (Wildman–Crippen LogP) is 8.09. The zero-order valence-corrected chi connectivity index (χ0v) is 25.3. The number of Topliss-reactive ketones (excluding diaryl/α,β-unsaturated/α-hetero) is 1. The summed E-state index contributed by atoms with van der Waals surface area (Å²) >= 11 is 6.43. The van der Waals surface area contributed by atoms with Crippen LogP contribution >= 0.6 is 11.6 Å². The fraction of sp³-hybridized carbons (Fsp3) is 0.314. The minimum Gasteiger partial charge on any atom is -0.489 e. The summed E-state index contributed by atoms with van der Waals surface area (Å²) in [5.41, 5.74) is 15.4. The van der Waals surface area contributed by atoms with Crippen LogP contribution in [0.2, 0.25) is 5.02 Å². The fourth-order valence-electron chi connectivity index (χ4n) is 6.13. The molecule has 0 saturated carbocycles. The number of benzene rings is 3. The van der Waals surface area contributed by atoms with Crippen LogP contribution in [0.3, 0.4) is 0 Å². The van der Waals surface area contributed by atoms with Crippen molar-refractivity contribution >= 4 is 23.1 Å². The van der Waals surface area contributed by atoms with Gasteiger partial charge in [-0.15, -0.1) is 0 Å². The van der Waals surface area contributed by atoms with E-state index in [1.807, 2.05) is 75.1 Å². The molecule has 0 fully saturated rings. The minimum atomic E-state index is -0.563. The van der Waals surface area contributed by atoms with Gasteiger partial charge in [0, 0.05) is 22.7 Å². The van der Waals surface area contributed by atoms with Crippen molar-refractivity contribution < 1.29 is 9.53 Å². The Morgan fingerprint density at radius 3 is 2.41 bits per heavy atom. The Balaban J connectivity index is 1.69. The molecule has 2 aliphatic rings. The summed E-state index contributed by atoms with van der Waals surface area (Å²) in [4.78, 5) is 15.9. The lowest BCUT2D eigenvalue weighted by molar-refractivity contribution is -0.118. The Hall–Kier alpha value is -4.01. The summed E-state index contributed by atoms with van der Waals surface area (Å²) < 4.78 is 6.15. The van der Waals surface area contributed by atoms with Gasteiger partial charge in [-0.05, 0) is 86.1 Å². The second kappa shape index (κ2) is 10.8. The number of allylic oxidation sites excluding steroid dienone is 3. The van der Waals surface area contributed by atoms with Crippen LogP contribution in [0.15, 0.2) is 77.3 Å². The van der Waals surface area contributed by atoms with Crippen LogP contribution < -0.4 is 15.4 Å². The van der Waals surface area contributed by atoms with E-state index in [1.54, 1.807) is 0 Å². The smallest absolute Gasteiger partial charge is 0.162 e. The second-order valence-electron chi connectivity index (χ2n) is 12.2. The molecule has 0 aromatic heterocycles. The van der Waals surface area contributed by atoms with Gasteiger partial charge in [0.25, 0.3) is 0 Å². The van der Waals surface area contributed by atoms with Gasteiger partial charge in [0.2, 0.25) is 0 Å². The van der Waals surface area contributed by atoms with Crippen LogP contribution in [0.1, 0.15) is 66.0 Å². The van der Waals surface area contributed by atoms with Gasteiger partial charge in [0.15, 0.2) is 5.78 Å². The molecule has 0 radical (unpaired) electrons. The molecule has 210 valence electrons. The molecule has 2 N–H and O–H groups in total. The van der Waals surface area contributed by atoms with E-state index in [9.17, 15) is 10.1 Å². The van der Waals surface area contributed by atoms with E-state index >= 15 is 0 Å². The minimum absolute atomic E-state index is 0.0459. The molecule has 5 rings (SSSR count). The van der Waals surface area contributed by atoms with E-state index in [0.29, 0.717) is 41.4 Å². The number of nitriles is 1. The summed E-state index contributed by atoms with van der Waals surface area (Å²) in [6, 6.07) is 20.2. The van der Waals surface area contributed by atoms with Crippen molar-refractivity contribution in [3.63, 3.8) is 0 Å². The molecule has 0 bridgehead atoms. The van der Waals surface area contributed by atoms with Crippen molar-refractivity contribution in [1.82, 2.24) is 0 Å². The Morgan fingerprint density at radius 2 is 1.73 bits per heavy atom. The van der Waals surface area contributed by atoms with Crippen LogP contribution in [0.25, 0.3) is 0 Å². The van der Waals surface area contributed by atoms with Gasteiger partial charge in [-0.25, -0.2) is 0 Å². The van der Waals surface area contributed by atoms with Crippen molar-refractivity contribution in [2.24, 2.45) is 11.1 Å². The third-order valence-corrected chi connectivity index (χ3v) is 8.45. The number of anilines is 1. The summed E-state index contributed by atoms with van der Waals surface area (Å²) in [7, 11) is 0. The van der Waals surface area contributed by atoms with Crippen LogP contribution in [-0.4, -0.2) is 5.78 Å². The number of ether oxygens (including phenoxy) is 1. The second-order valence-corrected chi connectivity index (χ2v) is 12.6. The molecule has 1 aliphatic carbocycles. The number of rotatable bonds is 5. The Morgan fingerprint density at radius 1 is 1.02 bits per heavy atom. The summed E-state index contributed by atoms with van der Waals surface area (Å²) in [6.07, 6.45) is 1.04. The van der Waals surface area contributed by atoms with E-state index in [1.165, 1.54) is 5.56 Å². The third kappa shape index (κ3) is 5.37. The molecule has 1 unspecified atom stereocenters. The van der Waals surface area contributed by atoms with E-state index in [4.69, 9.17) is 22.1 Å². The predicted molar refractivity (Wildman–Crippen MR) is 165 cm³/mol. The summed E-state index contributed by atoms with van der Waals surface area (Å²) in [6.45, 7) is 12.7. The van der Waals surface area contributed by atoms with Crippen LogP contribution in [0, 0.1) is 44.4 Å². The lowest BCUT2D eigenvalue weighted by atomic mass is 9.67. The molecule has 0 amide bonds. The number of nitrogens with zero attached hydrogens (tertiary/aromatic N) is 2. The van der Waals surface area contributed by atoms with Gasteiger partial charge in [-0.3, -0.25) is 9.69 Å². The lowest BCUT2D eigenvalue weighted by Gasteiger charge is -2.44. The van der Waals surface area contributed by atoms with Gasteiger partial charge in [-0.1, -0.05) is 66.9 Å². The number of halogens is 1. The average molecular weight is 566 g/mol. The molecule has 1 heterocycles. The number of carbonyl (C=O) groups is 1. The maximum absolute atomic E-state index is 14.0. The summed E-state index contributed by atoms with van der Waals surface area (Å²) in [5, 5.41) is 11.1. The van der Waals surface area contributed by atoms with Gasteiger partial charge < -0.3 is 10.5 Å². The number of hydrogen-bond donors (Lipinski definition) is 1. The molecule has 3 aromatic rings. The Labute approximate surface area is 247 Å². The third-order valence-electron chi connectivity index (χ3n) is 8.22. The van der Waals surface area contributed by atoms with E-state index < -0.39 is 5.92 Å². The van der Waals surface area contributed by atoms with Crippen LogP contribution in [-0.2, 0) is 11.4 Å². The van der Waals surface area contributed by atoms with Gasteiger partial charge >= 0.3 is 0 Å². The summed E-state index contributed by atoms with van der Waals surface area (Å²) in [5.74, 6) is 0.613. The first kappa shape index (κ1) is 28.5. The van der Waals surface area contributed by atoms with Crippen molar-refractivity contribution in [2.45, 2.75) is 66.9 Å². The molecular formula is C35H36ClN3O2. The number of carbonyl (C=O) groups excluding carboxylic acids is 1. The number of aryl methyl sites for hydroxylation is 3. The lowest BCUT2D eigenvalue weighted by Crippen LogP contribution is -2.42. The monoisotopic (exact) mass is 565 g/mol. The normalized spacial score (nSPS) is 18.3. The first-order valence-electron chi connectivity index (χ1n) is 13.9. The molecule has 6 heteroatoms. The van der Waals surface area contributed by atoms with E-state index in [-0.39, 0.29) is 11.2 Å². The molecule has 41 heavy (non-hydrogen) atoms. The standard InChI is InChI=1S/C35H36ClN3O2/c1-20-7-11-26(12-8-20)41-19-24-13-21(2)14-27(23(24)4)32-28(18-37)34(38)39(29-15-25(36)10-9-22(29)3)30-16-35(5,6)17-31(40)33(30)32/h7-15,32H,16-17,19,38H2,1-6H3. The highest BCUT2D eigenvalue weighted by Crippen LogP contribution is 2.51. The van der Waals surface area contributed by atoms with Crippen molar-refractivity contribution in [2.75, 3.05) is 4.90 Å². The number of hydrogen-bond acceptors (Lipinski definition) is 5. The molecular weight excluding hydrogens is 530 g/mol. The van der Waals surface area contributed by atoms with E-state index in [0.717, 1.165) is 45.0 Å². The Kier molecular flexibility index (Phi) is 7.48. The highest BCUT2D eigenvalue weighted by atomic mass is 35.5. The first-order valence-corrected chi connectivity index (χ1v) is 14.3. The average Bonchev–Trinajstić information content (AvgIpc) is 2.90. The van der Waals surface area contributed by atoms with Crippen molar-refractivity contribution in [3.8, 4) is 11.8 Å². The zero-order chi connectivity index (χ0) is 29.6. The molecule has 5 nitrogen and oxygen atoms in total. The largest absolute Gasteiger partial charge is 0.489 e. The van der Waals surface area contributed by atoms with Gasteiger partial charge in [0.1, 0.15) is 18.2 Å². The molecule has 1 aliphatic heterocycles. The molecule has 3 aromatic carbocycles. The topological polar surface area (TPSA) is 79.3 Å². The molecule has 0 spiro atoms. The van der Waals surface area contributed by atoms with Crippen molar-refractivity contribution in [3.05, 3.63) is 116 Å². The number of nitrogens with two attached hydrogens (primary N) is 1. The molecule has 0 saturated heterocycles. The van der Waals surface area contributed by atoms with Gasteiger partial charge in [0.05, 0.1) is 23.2 Å².